The van der Waals surface area contributed by atoms with Crippen LogP contribution >= 0.6 is 0 Å². The summed E-state index contributed by atoms with van der Waals surface area (Å²) < 4.78 is 45.3. The Hall–Kier alpha value is -1.97. The average Bonchev–Trinajstić information content (AvgIpc) is 2.43. The molecule has 2 aromatic rings. The molecule has 1 heterocycles. The molecule has 0 aliphatic carbocycles. The second-order valence-electron chi connectivity index (χ2n) is 5.05. The van der Waals surface area contributed by atoms with Crippen LogP contribution in [0.25, 0.3) is 0 Å². The van der Waals surface area contributed by atoms with E-state index >= 15 is 0 Å². The maximum Gasteiger partial charge on any atom is 0.194 e. The summed E-state index contributed by atoms with van der Waals surface area (Å²) in [6.07, 6.45) is 0.929. The quantitative estimate of drug-likeness (QED) is 0.699. The molecular weight excluding hydrogens is 265 g/mol. The zero-order valence-corrected chi connectivity index (χ0v) is 10.9. The lowest BCUT2D eigenvalue weighted by atomic mass is 9.96. The minimum atomic E-state index is -1.44. The van der Waals surface area contributed by atoms with Gasteiger partial charge in [-0.25, -0.2) is 13.2 Å². The molecule has 0 spiro atoms. The van der Waals surface area contributed by atoms with Gasteiger partial charge >= 0.3 is 0 Å². The van der Waals surface area contributed by atoms with Gasteiger partial charge in [0.2, 0.25) is 0 Å². The Morgan fingerprint density at radius 2 is 1.75 bits per heavy atom. The van der Waals surface area contributed by atoms with E-state index in [0.717, 1.165) is 35.4 Å². The van der Waals surface area contributed by atoms with Gasteiger partial charge < -0.3 is 4.74 Å². The first-order valence-electron chi connectivity index (χ1n) is 6.45. The van der Waals surface area contributed by atoms with Crippen LogP contribution in [-0.4, -0.2) is 0 Å². The van der Waals surface area contributed by atoms with Crippen LogP contribution in [0.1, 0.15) is 29.2 Å². The molecule has 0 aromatic heterocycles. The van der Waals surface area contributed by atoms with Crippen molar-refractivity contribution in [3.8, 4) is 5.75 Å². The summed E-state index contributed by atoms with van der Waals surface area (Å²) in [6.45, 7) is 2.00. The number of ether oxygens (including phenoxy) is 1. The highest BCUT2D eigenvalue weighted by molar-refractivity contribution is 5.39. The smallest absolute Gasteiger partial charge is 0.194 e. The molecule has 0 saturated heterocycles. The lowest BCUT2D eigenvalue weighted by Crippen LogP contribution is -2.16. The van der Waals surface area contributed by atoms with Gasteiger partial charge in [-0.1, -0.05) is 17.7 Å². The Labute approximate surface area is 115 Å². The van der Waals surface area contributed by atoms with Crippen molar-refractivity contribution >= 4 is 0 Å². The molecule has 1 aliphatic heterocycles. The summed E-state index contributed by atoms with van der Waals surface area (Å²) in [5.41, 5.74) is 2.56. The predicted molar refractivity (Wildman–Crippen MR) is 69.2 cm³/mol. The van der Waals surface area contributed by atoms with Gasteiger partial charge in [-0.05, 0) is 49.1 Å². The molecule has 0 radical (unpaired) electrons. The van der Waals surface area contributed by atoms with E-state index in [0.29, 0.717) is 12.0 Å². The fourth-order valence-corrected chi connectivity index (χ4v) is 2.51. The molecule has 0 fully saturated rings. The van der Waals surface area contributed by atoms with E-state index in [1.807, 2.05) is 25.1 Å². The van der Waals surface area contributed by atoms with E-state index in [-0.39, 0.29) is 0 Å². The normalized spacial score (nSPS) is 17.5. The lowest BCUT2D eigenvalue weighted by molar-refractivity contribution is 0.175. The topological polar surface area (TPSA) is 9.23 Å². The number of rotatable bonds is 1. The van der Waals surface area contributed by atoms with Crippen LogP contribution in [0.3, 0.4) is 0 Å². The third kappa shape index (κ3) is 2.26. The molecule has 2 aromatic carbocycles. The van der Waals surface area contributed by atoms with Crippen LogP contribution in [0, 0.1) is 24.4 Å². The predicted octanol–water partition coefficient (Wildman–Crippen LogP) is 4.48. The van der Waals surface area contributed by atoms with Crippen LogP contribution in [0.15, 0.2) is 30.3 Å². The molecule has 0 saturated carbocycles. The number of halogens is 3. The van der Waals surface area contributed by atoms with Crippen molar-refractivity contribution < 1.29 is 17.9 Å². The second-order valence-corrected chi connectivity index (χ2v) is 5.05. The summed E-state index contributed by atoms with van der Waals surface area (Å²) >= 11 is 0. The van der Waals surface area contributed by atoms with E-state index in [1.54, 1.807) is 0 Å². The van der Waals surface area contributed by atoms with Crippen molar-refractivity contribution in [2.75, 3.05) is 0 Å². The van der Waals surface area contributed by atoms with Crippen LogP contribution < -0.4 is 4.74 Å². The SMILES string of the molecule is Cc1ccc2c(c1)CCC(c1cc(F)c(F)c(F)c1)O2. The fourth-order valence-electron chi connectivity index (χ4n) is 2.51. The molecule has 0 amide bonds. The van der Waals surface area contributed by atoms with Gasteiger partial charge in [-0.3, -0.25) is 0 Å². The number of aryl methyl sites for hydroxylation is 2. The first-order chi connectivity index (χ1) is 9.54. The Balaban J connectivity index is 1.92. The number of fused-ring (bicyclic) bond motifs is 1. The monoisotopic (exact) mass is 278 g/mol. The van der Waals surface area contributed by atoms with Crippen molar-refractivity contribution in [1.29, 1.82) is 0 Å². The van der Waals surface area contributed by atoms with Crippen LogP contribution in [-0.2, 0) is 6.42 Å². The Morgan fingerprint density at radius 3 is 2.45 bits per heavy atom. The van der Waals surface area contributed by atoms with Crippen LogP contribution in [0.4, 0.5) is 13.2 Å². The van der Waals surface area contributed by atoms with Gasteiger partial charge in [0.25, 0.3) is 0 Å². The third-order valence-electron chi connectivity index (χ3n) is 3.54. The van der Waals surface area contributed by atoms with Gasteiger partial charge in [-0.2, -0.15) is 0 Å². The molecule has 0 N–H and O–H groups in total. The van der Waals surface area contributed by atoms with Crippen LogP contribution in [0.2, 0.25) is 0 Å². The highest BCUT2D eigenvalue weighted by atomic mass is 19.2. The fraction of sp³-hybridized carbons (Fsp3) is 0.250. The zero-order valence-electron chi connectivity index (χ0n) is 10.9. The summed E-state index contributed by atoms with van der Waals surface area (Å²) in [6, 6.07) is 7.82. The Morgan fingerprint density at radius 1 is 1.05 bits per heavy atom. The average molecular weight is 278 g/mol. The molecule has 20 heavy (non-hydrogen) atoms. The van der Waals surface area contributed by atoms with Gasteiger partial charge in [-0.15, -0.1) is 0 Å². The first kappa shape index (κ1) is 13.0. The minimum absolute atomic E-state index is 0.327. The minimum Gasteiger partial charge on any atom is -0.485 e. The molecule has 1 unspecified atom stereocenters. The van der Waals surface area contributed by atoms with Gasteiger partial charge in [0, 0.05) is 0 Å². The summed E-state index contributed by atoms with van der Waals surface area (Å²) in [5, 5.41) is 0. The standard InChI is InChI=1S/C16H13F3O/c1-9-2-4-14-10(6-9)3-5-15(20-14)11-7-12(17)16(19)13(18)8-11/h2,4,6-8,15H,3,5H2,1H3. The number of benzene rings is 2. The largest absolute Gasteiger partial charge is 0.485 e. The Kier molecular flexibility index (Phi) is 3.16. The van der Waals surface area contributed by atoms with E-state index in [9.17, 15) is 13.2 Å². The highest BCUT2D eigenvalue weighted by Gasteiger charge is 2.23. The van der Waals surface area contributed by atoms with Gasteiger partial charge in [0.15, 0.2) is 17.5 Å². The Bertz CT molecular complexity index is 644. The first-order valence-corrected chi connectivity index (χ1v) is 6.45. The van der Waals surface area contributed by atoms with Gasteiger partial charge in [0.1, 0.15) is 11.9 Å². The second kappa shape index (κ2) is 4.85. The molecule has 3 rings (SSSR count). The van der Waals surface area contributed by atoms with E-state index in [2.05, 4.69) is 0 Å². The zero-order chi connectivity index (χ0) is 14.3. The molecule has 4 heteroatoms. The van der Waals surface area contributed by atoms with Crippen molar-refractivity contribution in [1.82, 2.24) is 0 Å². The molecule has 1 atom stereocenters. The number of hydrogen-bond acceptors (Lipinski definition) is 1. The highest BCUT2D eigenvalue weighted by Crippen LogP contribution is 2.35. The van der Waals surface area contributed by atoms with Crippen molar-refractivity contribution in [3.63, 3.8) is 0 Å². The van der Waals surface area contributed by atoms with E-state index in [1.165, 1.54) is 0 Å². The molecule has 104 valence electrons. The third-order valence-corrected chi connectivity index (χ3v) is 3.54. The number of hydrogen-bond donors (Lipinski definition) is 0. The lowest BCUT2D eigenvalue weighted by Gasteiger charge is -2.26. The molecule has 1 aliphatic rings. The molecule has 0 bridgehead atoms. The summed E-state index contributed by atoms with van der Waals surface area (Å²) in [7, 11) is 0. The molecular formula is C16H13F3O. The van der Waals surface area contributed by atoms with Crippen LogP contribution in [0.5, 0.6) is 5.75 Å². The van der Waals surface area contributed by atoms with Gasteiger partial charge in [0.05, 0.1) is 0 Å². The van der Waals surface area contributed by atoms with Crippen molar-refractivity contribution in [2.45, 2.75) is 25.9 Å². The molecule has 1 nitrogen and oxygen atoms in total. The van der Waals surface area contributed by atoms with Crippen molar-refractivity contribution in [3.05, 3.63) is 64.5 Å². The van der Waals surface area contributed by atoms with E-state index < -0.39 is 23.6 Å². The summed E-state index contributed by atoms with van der Waals surface area (Å²) in [4.78, 5) is 0. The maximum atomic E-state index is 13.3. The maximum absolute atomic E-state index is 13.3. The summed E-state index contributed by atoms with van der Waals surface area (Å²) in [5.74, 6) is -3.09. The van der Waals surface area contributed by atoms with E-state index in [4.69, 9.17) is 4.74 Å². The van der Waals surface area contributed by atoms with Crippen molar-refractivity contribution in [2.24, 2.45) is 0 Å².